The third-order valence-electron chi connectivity index (χ3n) is 4.13. The van der Waals surface area contributed by atoms with Crippen LogP contribution in [0.25, 0.3) is 17.1 Å². The van der Waals surface area contributed by atoms with E-state index in [1.54, 1.807) is 12.3 Å². The number of nitriles is 1. The third kappa shape index (κ3) is 3.65. The van der Waals surface area contributed by atoms with Gasteiger partial charge in [0.1, 0.15) is 5.82 Å². The first-order valence-electron chi connectivity index (χ1n) is 8.57. The molecule has 5 heteroatoms. The number of nitrogens with one attached hydrogen (secondary N) is 1. The van der Waals surface area contributed by atoms with Crippen LogP contribution in [0.4, 0.5) is 5.69 Å². The second-order valence-electron chi connectivity index (χ2n) is 6.11. The summed E-state index contributed by atoms with van der Waals surface area (Å²) in [7, 11) is 0. The topological polar surface area (TPSA) is 70.7 Å². The van der Waals surface area contributed by atoms with Crippen LogP contribution < -0.4 is 5.32 Å². The number of amides is 1. The highest BCUT2D eigenvalue weighted by atomic mass is 16.1. The van der Waals surface area contributed by atoms with Crippen molar-refractivity contribution in [3.63, 3.8) is 0 Å². The monoisotopic (exact) mass is 344 g/mol. The molecule has 0 saturated heterocycles. The minimum atomic E-state index is 0.0278. The zero-order valence-electron chi connectivity index (χ0n) is 14.9. The lowest BCUT2D eigenvalue weighted by Gasteiger charge is -2.12. The number of carbonyl (C=O) groups is 1. The molecule has 1 aromatic heterocycles. The molecule has 26 heavy (non-hydrogen) atoms. The molecule has 1 amide bonds. The molecule has 5 nitrogen and oxygen atoms in total. The van der Waals surface area contributed by atoms with Gasteiger partial charge < -0.3 is 5.32 Å². The Bertz CT molecular complexity index is 982. The number of aromatic nitrogens is 2. The Morgan fingerprint density at radius 3 is 2.85 bits per heavy atom. The Balaban J connectivity index is 1.94. The lowest BCUT2D eigenvalue weighted by molar-refractivity contribution is -0.116. The molecular formula is C21H20N4O. The number of anilines is 1. The van der Waals surface area contributed by atoms with E-state index in [2.05, 4.69) is 16.4 Å². The van der Waals surface area contributed by atoms with E-state index in [0.717, 1.165) is 34.7 Å². The van der Waals surface area contributed by atoms with Gasteiger partial charge in [-0.25, -0.2) is 4.98 Å². The fraction of sp³-hybridized carbons (Fsp3) is 0.190. The van der Waals surface area contributed by atoms with E-state index in [1.807, 2.05) is 61.0 Å². The van der Waals surface area contributed by atoms with Crippen molar-refractivity contribution in [3.8, 4) is 23.1 Å². The van der Waals surface area contributed by atoms with Crippen molar-refractivity contribution >= 4 is 11.6 Å². The van der Waals surface area contributed by atoms with Gasteiger partial charge in [0.15, 0.2) is 0 Å². The van der Waals surface area contributed by atoms with Gasteiger partial charge in [0.05, 0.1) is 11.6 Å². The molecule has 130 valence electrons. The molecule has 2 aromatic carbocycles. The van der Waals surface area contributed by atoms with Crippen molar-refractivity contribution < 1.29 is 4.79 Å². The van der Waals surface area contributed by atoms with Crippen molar-refractivity contribution in [2.75, 3.05) is 5.32 Å². The van der Waals surface area contributed by atoms with Crippen LogP contribution in [0.5, 0.6) is 0 Å². The average Bonchev–Trinajstić information content (AvgIpc) is 3.13. The molecular weight excluding hydrogens is 324 g/mol. The first kappa shape index (κ1) is 17.4. The van der Waals surface area contributed by atoms with Gasteiger partial charge in [-0.15, -0.1) is 0 Å². The maximum atomic E-state index is 11.8. The summed E-state index contributed by atoms with van der Waals surface area (Å²) in [6.07, 6.45) is 4.96. The molecule has 0 spiro atoms. The van der Waals surface area contributed by atoms with Crippen molar-refractivity contribution in [1.29, 1.82) is 5.26 Å². The van der Waals surface area contributed by atoms with Crippen LogP contribution in [-0.4, -0.2) is 15.5 Å². The van der Waals surface area contributed by atoms with Gasteiger partial charge in [0.2, 0.25) is 5.91 Å². The second kappa shape index (κ2) is 7.66. The van der Waals surface area contributed by atoms with Gasteiger partial charge in [-0.1, -0.05) is 19.1 Å². The fourth-order valence-corrected chi connectivity index (χ4v) is 2.83. The van der Waals surface area contributed by atoms with Crippen LogP contribution in [0, 0.1) is 18.3 Å². The van der Waals surface area contributed by atoms with E-state index < -0.39 is 0 Å². The Labute approximate surface area is 152 Å². The highest BCUT2D eigenvalue weighted by Gasteiger charge is 2.10. The predicted octanol–water partition coefficient (Wildman–Crippen LogP) is 4.46. The van der Waals surface area contributed by atoms with Crippen LogP contribution in [0.15, 0.2) is 54.9 Å². The number of nitrogens with zero attached hydrogens (tertiary/aromatic N) is 3. The zero-order valence-corrected chi connectivity index (χ0v) is 14.9. The summed E-state index contributed by atoms with van der Waals surface area (Å²) in [5.41, 5.74) is 4.23. The van der Waals surface area contributed by atoms with Crippen LogP contribution in [0.1, 0.15) is 30.9 Å². The molecule has 0 atom stereocenters. The van der Waals surface area contributed by atoms with Crippen LogP contribution in [0.3, 0.4) is 0 Å². The summed E-state index contributed by atoms with van der Waals surface area (Å²) < 4.78 is 1.97. The number of aryl methyl sites for hydroxylation is 1. The zero-order chi connectivity index (χ0) is 18.5. The smallest absolute Gasteiger partial charge is 0.224 e. The number of hydrogen-bond donors (Lipinski definition) is 1. The molecule has 0 bridgehead atoms. The summed E-state index contributed by atoms with van der Waals surface area (Å²) in [5, 5.41) is 12.1. The quantitative estimate of drug-likeness (QED) is 0.743. The van der Waals surface area contributed by atoms with E-state index in [-0.39, 0.29) is 5.91 Å². The largest absolute Gasteiger partial charge is 0.326 e. The van der Waals surface area contributed by atoms with Gasteiger partial charge in [-0.05, 0) is 49.2 Å². The maximum absolute atomic E-state index is 11.8. The molecule has 0 aliphatic rings. The molecule has 0 fully saturated rings. The Hall–Kier alpha value is -3.39. The van der Waals surface area contributed by atoms with Crippen molar-refractivity contribution in [2.45, 2.75) is 26.7 Å². The lowest BCUT2D eigenvalue weighted by atomic mass is 10.1. The molecule has 0 unspecified atom stereocenters. The van der Waals surface area contributed by atoms with Gasteiger partial charge >= 0.3 is 0 Å². The Morgan fingerprint density at radius 1 is 1.27 bits per heavy atom. The van der Waals surface area contributed by atoms with Gasteiger partial charge in [0, 0.05) is 35.8 Å². The summed E-state index contributed by atoms with van der Waals surface area (Å²) in [6, 6.07) is 15.4. The summed E-state index contributed by atoms with van der Waals surface area (Å²) >= 11 is 0. The SMILES string of the molecule is CCCC(=O)Nc1ccc(-n2ccnc2-c2cccc(C#N)c2)cc1C. The van der Waals surface area contributed by atoms with Crippen molar-refractivity contribution in [3.05, 3.63) is 66.0 Å². The minimum absolute atomic E-state index is 0.0278. The van der Waals surface area contributed by atoms with E-state index >= 15 is 0 Å². The Kier molecular flexibility index (Phi) is 5.14. The van der Waals surface area contributed by atoms with Crippen LogP contribution in [0.2, 0.25) is 0 Å². The molecule has 0 aliphatic carbocycles. The van der Waals surface area contributed by atoms with Gasteiger partial charge in [-0.3, -0.25) is 9.36 Å². The predicted molar refractivity (Wildman–Crippen MR) is 102 cm³/mol. The lowest BCUT2D eigenvalue weighted by Crippen LogP contribution is -2.11. The summed E-state index contributed by atoms with van der Waals surface area (Å²) in [4.78, 5) is 16.3. The van der Waals surface area contributed by atoms with Crippen molar-refractivity contribution in [1.82, 2.24) is 9.55 Å². The summed E-state index contributed by atoms with van der Waals surface area (Å²) in [6.45, 7) is 3.95. The molecule has 0 aliphatic heterocycles. The minimum Gasteiger partial charge on any atom is -0.326 e. The van der Waals surface area contributed by atoms with Crippen molar-refractivity contribution in [2.24, 2.45) is 0 Å². The highest BCUT2D eigenvalue weighted by Crippen LogP contribution is 2.25. The van der Waals surface area contributed by atoms with Crippen LogP contribution >= 0.6 is 0 Å². The van der Waals surface area contributed by atoms with E-state index in [1.165, 1.54) is 0 Å². The normalized spacial score (nSPS) is 10.3. The standard InChI is InChI=1S/C21H20N4O/c1-3-5-20(26)24-19-9-8-18(12-15(19)2)25-11-10-23-21(25)17-7-4-6-16(13-17)14-22/h4,6-13H,3,5H2,1-2H3,(H,24,26). The number of imidazole rings is 1. The van der Waals surface area contributed by atoms with Crippen LogP contribution in [-0.2, 0) is 4.79 Å². The van der Waals surface area contributed by atoms with E-state index in [0.29, 0.717) is 12.0 Å². The first-order chi connectivity index (χ1) is 12.6. The number of hydrogen-bond acceptors (Lipinski definition) is 3. The summed E-state index contributed by atoms with van der Waals surface area (Å²) in [5.74, 6) is 0.796. The highest BCUT2D eigenvalue weighted by molar-refractivity contribution is 5.91. The fourth-order valence-electron chi connectivity index (χ4n) is 2.83. The molecule has 0 radical (unpaired) electrons. The molecule has 0 saturated carbocycles. The average molecular weight is 344 g/mol. The second-order valence-corrected chi connectivity index (χ2v) is 6.11. The first-order valence-corrected chi connectivity index (χ1v) is 8.57. The van der Waals surface area contributed by atoms with E-state index in [4.69, 9.17) is 5.26 Å². The molecule has 1 N–H and O–H groups in total. The Morgan fingerprint density at radius 2 is 2.12 bits per heavy atom. The van der Waals surface area contributed by atoms with E-state index in [9.17, 15) is 4.79 Å². The molecule has 3 aromatic rings. The van der Waals surface area contributed by atoms with Gasteiger partial charge in [0.25, 0.3) is 0 Å². The number of rotatable bonds is 5. The maximum Gasteiger partial charge on any atom is 0.224 e. The number of carbonyl (C=O) groups excluding carboxylic acids is 1. The molecule has 3 rings (SSSR count). The molecule has 1 heterocycles. The third-order valence-corrected chi connectivity index (χ3v) is 4.13. The number of benzene rings is 2. The van der Waals surface area contributed by atoms with Gasteiger partial charge in [-0.2, -0.15) is 5.26 Å².